The zero-order chi connectivity index (χ0) is 11.1. The third-order valence-corrected chi connectivity index (χ3v) is 2.72. The number of aryl methyl sites for hydroxylation is 1. The summed E-state index contributed by atoms with van der Waals surface area (Å²) in [4.78, 5) is 0. The summed E-state index contributed by atoms with van der Waals surface area (Å²) in [7, 11) is 0. The zero-order valence-corrected chi connectivity index (χ0v) is 10.2. The summed E-state index contributed by atoms with van der Waals surface area (Å²) in [6, 6.07) is 0.638. The van der Waals surface area contributed by atoms with Crippen molar-refractivity contribution < 1.29 is 0 Å². The van der Waals surface area contributed by atoms with Crippen LogP contribution in [0.3, 0.4) is 0 Å². The molecule has 0 aliphatic heterocycles. The van der Waals surface area contributed by atoms with Gasteiger partial charge < -0.3 is 5.32 Å². The van der Waals surface area contributed by atoms with Crippen LogP contribution in [0.25, 0.3) is 0 Å². The molecule has 1 aromatic rings. The standard InChI is InChI=1S/C12H23N3/c1-4-7-15-10-11(9-14-15)8-13-12(5-2)6-3/h9-10,12-13H,4-8H2,1-3H3. The van der Waals surface area contributed by atoms with E-state index < -0.39 is 0 Å². The Morgan fingerprint density at radius 3 is 2.67 bits per heavy atom. The number of nitrogens with zero attached hydrogens (tertiary/aromatic N) is 2. The van der Waals surface area contributed by atoms with Gasteiger partial charge in [-0.1, -0.05) is 20.8 Å². The fraction of sp³-hybridized carbons (Fsp3) is 0.750. The summed E-state index contributed by atoms with van der Waals surface area (Å²) in [6.45, 7) is 8.58. The average molecular weight is 209 g/mol. The van der Waals surface area contributed by atoms with E-state index in [9.17, 15) is 0 Å². The van der Waals surface area contributed by atoms with Gasteiger partial charge in [0.15, 0.2) is 0 Å². The molecule has 0 bridgehead atoms. The highest BCUT2D eigenvalue weighted by molar-refractivity contribution is 5.03. The normalized spacial score (nSPS) is 11.2. The minimum atomic E-state index is 0.638. The SMILES string of the molecule is CCCn1cc(CNC(CC)CC)cn1. The number of rotatable bonds is 7. The van der Waals surface area contributed by atoms with Gasteiger partial charge in [-0.05, 0) is 19.3 Å². The van der Waals surface area contributed by atoms with Gasteiger partial charge in [-0.15, -0.1) is 0 Å². The van der Waals surface area contributed by atoms with Crippen LogP contribution in [0.4, 0.5) is 0 Å². The molecule has 0 aliphatic carbocycles. The summed E-state index contributed by atoms with van der Waals surface area (Å²) < 4.78 is 2.02. The maximum atomic E-state index is 4.31. The highest BCUT2D eigenvalue weighted by atomic mass is 15.3. The molecule has 15 heavy (non-hydrogen) atoms. The van der Waals surface area contributed by atoms with Crippen molar-refractivity contribution in [1.29, 1.82) is 0 Å². The van der Waals surface area contributed by atoms with Gasteiger partial charge in [-0.2, -0.15) is 5.10 Å². The van der Waals surface area contributed by atoms with E-state index in [0.29, 0.717) is 6.04 Å². The molecule has 3 nitrogen and oxygen atoms in total. The summed E-state index contributed by atoms with van der Waals surface area (Å²) in [5.41, 5.74) is 1.29. The topological polar surface area (TPSA) is 29.9 Å². The lowest BCUT2D eigenvalue weighted by Gasteiger charge is -2.13. The second kappa shape index (κ2) is 6.62. The van der Waals surface area contributed by atoms with E-state index in [2.05, 4.69) is 37.4 Å². The second-order valence-electron chi connectivity index (χ2n) is 4.01. The molecule has 1 heterocycles. The van der Waals surface area contributed by atoms with E-state index in [1.54, 1.807) is 0 Å². The fourth-order valence-electron chi connectivity index (χ4n) is 1.69. The van der Waals surface area contributed by atoms with Gasteiger partial charge >= 0.3 is 0 Å². The Balaban J connectivity index is 2.36. The number of aromatic nitrogens is 2. The van der Waals surface area contributed by atoms with E-state index in [4.69, 9.17) is 0 Å². The van der Waals surface area contributed by atoms with Crippen LogP contribution in [0, 0.1) is 0 Å². The fourth-order valence-corrected chi connectivity index (χ4v) is 1.69. The monoisotopic (exact) mass is 209 g/mol. The Labute approximate surface area is 92.9 Å². The first-order valence-corrected chi connectivity index (χ1v) is 6.04. The van der Waals surface area contributed by atoms with Gasteiger partial charge in [0, 0.05) is 30.9 Å². The first-order valence-electron chi connectivity index (χ1n) is 6.04. The third-order valence-electron chi connectivity index (χ3n) is 2.72. The van der Waals surface area contributed by atoms with Crippen molar-refractivity contribution >= 4 is 0 Å². The number of hydrogen-bond donors (Lipinski definition) is 1. The van der Waals surface area contributed by atoms with Gasteiger partial charge in [-0.25, -0.2) is 0 Å². The molecule has 0 amide bonds. The average Bonchev–Trinajstić information content (AvgIpc) is 2.68. The molecule has 86 valence electrons. The summed E-state index contributed by atoms with van der Waals surface area (Å²) >= 11 is 0. The van der Waals surface area contributed by atoms with E-state index in [1.807, 2.05) is 10.9 Å². The Hall–Kier alpha value is -0.830. The maximum Gasteiger partial charge on any atom is 0.0534 e. The molecule has 0 radical (unpaired) electrons. The van der Waals surface area contributed by atoms with Crippen molar-refractivity contribution in [2.24, 2.45) is 0 Å². The van der Waals surface area contributed by atoms with Crippen molar-refractivity contribution in [2.75, 3.05) is 0 Å². The summed E-state index contributed by atoms with van der Waals surface area (Å²) in [5, 5.41) is 7.85. The number of nitrogens with one attached hydrogen (secondary N) is 1. The summed E-state index contributed by atoms with van der Waals surface area (Å²) in [5.74, 6) is 0. The largest absolute Gasteiger partial charge is 0.310 e. The zero-order valence-electron chi connectivity index (χ0n) is 10.2. The van der Waals surface area contributed by atoms with Crippen molar-refractivity contribution in [3.05, 3.63) is 18.0 Å². The Bertz CT molecular complexity index is 264. The van der Waals surface area contributed by atoms with Gasteiger partial charge in [-0.3, -0.25) is 4.68 Å². The molecule has 0 aromatic carbocycles. The quantitative estimate of drug-likeness (QED) is 0.748. The maximum absolute atomic E-state index is 4.31. The minimum absolute atomic E-state index is 0.638. The molecular formula is C12H23N3. The molecule has 0 saturated carbocycles. The van der Waals surface area contributed by atoms with Crippen LogP contribution in [0.1, 0.15) is 45.6 Å². The molecule has 0 atom stereocenters. The summed E-state index contributed by atoms with van der Waals surface area (Å²) in [6.07, 6.45) is 7.63. The molecule has 1 N–H and O–H groups in total. The van der Waals surface area contributed by atoms with Gasteiger partial charge in [0.2, 0.25) is 0 Å². The van der Waals surface area contributed by atoms with E-state index in [-0.39, 0.29) is 0 Å². The third kappa shape index (κ3) is 4.04. The van der Waals surface area contributed by atoms with Crippen LogP contribution in [0.2, 0.25) is 0 Å². The highest BCUT2D eigenvalue weighted by Gasteiger charge is 2.03. The predicted octanol–water partition coefficient (Wildman–Crippen LogP) is 2.57. The molecule has 0 fully saturated rings. The Morgan fingerprint density at radius 1 is 1.33 bits per heavy atom. The Kier molecular flexibility index (Phi) is 5.40. The van der Waals surface area contributed by atoms with Crippen LogP contribution < -0.4 is 5.32 Å². The molecule has 3 heteroatoms. The van der Waals surface area contributed by atoms with Crippen molar-refractivity contribution in [1.82, 2.24) is 15.1 Å². The lowest BCUT2D eigenvalue weighted by molar-refractivity contribution is 0.484. The lowest BCUT2D eigenvalue weighted by atomic mass is 10.1. The van der Waals surface area contributed by atoms with Crippen LogP contribution in [-0.4, -0.2) is 15.8 Å². The van der Waals surface area contributed by atoms with Crippen molar-refractivity contribution in [3.63, 3.8) is 0 Å². The van der Waals surface area contributed by atoms with Gasteiger partial charge in [0.05, 0.1) is 6.20 Å². The van der Waals surface area contributed by atoms with Crippen LogP contribution in [-0.2, 0) is 13.1 Å². The van der Waals surface area contributed by atoms with Crippen molar-refractivity contribution in [2.45, 2.75) is 59.2 Å². The van der Waals surface area contributed by atoms with Crippen LogP contribution in [0.15, 0.2) is 12.4 Å². The lowest BCUT2D eigenvalue weighted by Crippen LogP contribution is -2.26. The Morgan fingerprint density at radius 2 is 2.07 bits per heavy atom. The minimum Gasteiger partial charge on any atom is -0.310 e. The molecule has 1 aromatic heterocycles. The van der Waals surface area contributed by atoms with Crippen LogP contribution >= 0.6 is 0 Å². The van der Waals surface area contributed by atoms with Gasteiger partial charge in [0.25, 0.3) is 0 Å². The first kappa shape index (κ1) is 12.2. The molecule has 1 rings (SSSR count). The second-order valence-corrected chi connectivity index (χ2v) is 4.01. The molecule has 0 aliphatic rings. The predicted molar refractivity (Wildman–Crippen MR) is 63.7 cm³/mol. The number of hydrogen-bond acceptors (Lipinski definition) is 2. The van der Waals surface area contributed by atoms with Crippen molar-refractivity contribution in [3.8, 4) is 0 Å². The molecule has 0 unspecified atom stereocenters. The van der Waals surface area contributed by atoms with E-state index >= 15 is 0 Å². The first-order chi connectivity index (χ1) is 7.30. The smallest absolute Gasteiger partial charge is 0.0534 e. The van der Waals surface area contributed by atoms with E-state index in [0.717, 1.165) is 19.5 Å². The van der Waals surface area contributed by atoms with E-state index in [1.165, 1.54) is 18.4 Å². The van der Waals surface area contributed by atoms with Crippen LogP contribution in [0.5, 0.6) is 0 Å². The molecular weight excluding hydrogens is 186 g/mol. The highest BCUT2D eigenvalue weighted by Crippen LogP contribution is 2.02. The molecule has 0 saturated heterocycles. The molecule has 0 spiro atoms. The van der Waals surface area contributed by atoms with Gasteiger partial charge in [0.1, 0.15) is 0 Å².